The van der Waals surface area contributed by atoms with Crippen LogP contribution in [-0.4, -0.2) is 47.2 Å². The van der Waals surface area contributed by atoms with Gasteiger partial charge < -0.3 is 24.5 Å². The van der Waals surface area contributed by atoms with Crippen LogP contribution in [0.15, 0.2) is 48.7 Å². The smallest absolute Gasteiger partial charge is 0.224 e. The zero-order valence-corrected chi connectivity index (χ0v) is 18.6. The van der Waals surface area contributed by atoms with E-state index in [-0.39, 0.29) is 11.8 Å². The molecule has 3 heterocycles. The Morgan fingerprint density at radius 2 is 2.16 bits per heavy atom. The summed E-state index contributed by atoms with van der Waals surface area (Å²) < 4.78 is 7.47. The minimum absolute atomic E-state index is 0.0216. The molecule has 4 aromatic rings. The summed E-state index contributed by atoms with van der Waals surface area (Å²) in [7, 11) is 3.72. The second-order valence-electron chi connectivity index (χ2n) is 8.51. The molecule has 32 heavy (non-hydrogen) atoms. The number of nitrogens with zero attached hydrogens (tertiary/aromatic N) is 3. The van der Waals surface area contributed by atoms with Crippen LogP contribution in [0, 0.1) is 5.92 Å². The van der Waals surface area contributed by atoms with Crippen molar-refractivity contribution < 1.29 is 9.53 Å². The molecule has 0 aliphatic carbocycles. The van der Waals surface area contributed by atoms with Crippen LogP contribution in [0.2, 0.25) is 0 Å². The fourth-order valence-electron chi connectivity index (χ4n) is 4.74. The number of H-pyrrole nitrogens is 1. The molecule has 7 nitrogen and oxygen atoms in total. The molecule has 1 saturated heterocycles. The van der Waals surface area contributed by atoms with Crippen molar-refractivity contribution in [3.05, 3.63) is 54.2 Å². The van der Waals surface area contributed by atoms with Crippen molar-refractivity contribution in [1.82, 2.24) is 19.9 Å². The summed E-state index contributed by atoms with van der Waals surface area (Å²) in [6, 6.07) is 14.2. The third kappa shape index (κ3) is 3.79. The van der Waals surface area contributed by atoms with E-state index < -0.39 is 0 Å². The topological polar surface area (TPSA) is 75.2 Å². The zero-order valence-electron chi connectivity index (χ0n) is 18.6. The van der Waals surface area contributed by atoms with E-state index in [9.17, 15) is 4.79 Å². The molecule has 0 spiro atoms. The molecule has 2 aromatic heterocycles. The number of aryl methyl sites for hydroxylation is 1. The maximum atomic E-state index is 12.9. The molecule has 0 saturated carbocycles. The number of aromatic nitrogens is 3. The maximum absolute atomic E-state index is 12.9. The number of amides is 1. The minimum Gasteiger partial charge on any atom is -0.497 e. The highest BCUT2D eigenvalue weighted by Gasteiger charge is 2.28. The number of piperidine rings is 1. The van der Waals surface area contributed by atoms with E-state index in [1.807, 2.05) is 49.6 Å². The predicted molar refractivity (Wildman–Crippen MR) is 127 cm³/mol. The number of fused-ring (bicyclic) bond motifs is 2. The van der Waals surface area contributed by atoms with Crippen LogP contribution < -0.4 is 15.0 Å². The number of aromatic amines is 1. The Balaban J connectivity index is 1.22. The van der Waals surface area contributed by atoms with Crippen LogP contribution in [0.5, 0.6) is 5.75 Å². The molecule has 2 aromatic carbocycles. The number of anilines is 1. The average Bonchev–Trinajstić information content (AvgIpc) is 3.39. The molecule has 7 heteroatoms. The second kappa shape index (κ2) is 8.57. The van der Waals surface area contributed by atoms with Crippen LogP contribution in [0.4, 0.5) is 5.95 Å². The SMILES string of the molecule is COc1ccc2[nH]cc(CCNC(=O)[C@@H]3CCCN(c4nc5ccccc5n4C)C3)c2c1. The Morgan fingerprint density at radius 1 is 1.28 bits per heavy atom. The Bertz CT molecular complexity index is 1260. The lowest BCUT2D eigenvalue weighted by molar-refractivity contribution is -0.125. The number of carbonyl (C=O) groups excluding carboxylic acids is 1. The van der Waals surface area contributed by atoms with E-state index in [0.717, 1.165) is 59.4 Å². The summed E-state index contributed by atoms with van der Waals surface area (Å²) in [6.45, 7) is 2.25. The zero-order chi connectivity index (χ0) is 22.1. The highest BCUT2D eigenvalue weighted by Crippen LogP contribution is 2.26. The summed E-state index contributed by atoms with van der Waals surface area (Å²) in [5, 5.41) is 4.30. The summed E-state index contributed by atoms with van der Waals surface area (Å²) >= 11 is 0. The lowest BCUT2D eigenvalue weighted by atomic mass is 9.97. The highest BCUT2D eigenvalue weighted by atomic mass is 16.5. The first kappa shape index (κ1) is 20.4. The van der Waals surface area contributed by atoms with Gasteiger partial charge >= 0.3 is 0 Å². The van der Waals surface area contributed by atoms with Crippen molar-refractivity contribution in [1.29, 1.82) is 0 Å². The van der Waals surface area contributed by atoms with Gasteiger partial charge in [-0.05, 0) is 55.2 Å². The van der Waals surface area contributed by atoms with Gasteiger partial charge in [0, 0.05) is 43.8 Å². The Labute approximate surface area is 187 Å². The average molecular weight is 432 g/mol. The van der Waals surface area contributed by atoms with Gasteiger partial charge in [0.05, 0.1) is 24.1 Å². The van der Waals surface area contributed by atoms with Gasteiger partial charge in [0.15, 0.2) is 0 Å². The van der Waals surface area contributed by atoms with Gasteiger partial charge in [-0.25, -0.2) is 4.98 Å². The van der Waals surface area contributed by atoms with Gasteiger partial charge in [-0.3, -0.25) is 4.79 Å². The number of rotatable bonds is 6. The third-order valence-electron chi connectivity index (χ3n) is 6.51. The number of hydrogen-bond acceptors (Lipinski definition) is 4. The minimum atomic E-state index is -0.0216. The molecule has 1 fully saturated rings. The molecule has 0 bridgehead atoms. The van der Waals surface area contributed by atoms with Gasteiger partial charge in [-0.2, -0.15) is 0 Å². The molecule has 2 N–H and O–H groups in total. The van der Waals surface area contributed by atoms with E-state index in [2.05, 4.69) is 25.8 Å². The van der Waals surface area contributed by atoms with Crippen LogP contribution in [0.25, 0.3) is 21.9 Å². The Morgan fingerprint density at radius 3 is 3.00 bits per heavy atom. The lowest BCUT2D eigenvalue weighted by Crippen LogP contribution is -2.44. The summed E-state index contributed by atoms with van der Waals surface area (Å²) in [4.78, 5) is 23.3. The van der Waals surface area contributed by atoms with Crippen LogP contribution in [0.1, 0.15) is 18.4 Å². The van der Waals surface area contributed by atoms with Gasteiger partial charge in [0.1, 0.15) is 5.75 Å². The molecule has 1 aliphatic rings. The monoisotopic (exact) mass is 431 g/mol. The second-order valence-corrected chi connectivity index (χ2v) is 8.51. The van der Waals surface area contributed by atoms with Crippen molar-refractivity contribution in [2.24, 2.45) is 13.0 Å². The van der Waals surface area contributed by atoms with E-state index in [1.165, 1.54) is 5.56 Å². The Kier molecular flexibility index (Phi) is 5.47. The first-order chi connectivity index (χ1) is 15.6. The Hall–Kier alpha value is -3.48. The number of methoxy groups -OCH3 is 1. The van der Waals surface area contributed by atoms with Gasteiger partial charge in [0.2, 0.25) is 11.9 Å². The van der Waals surface area contributed by atoms with Crippen molar-refractivity contribution in [2.45, 2.75) is 19.3 Å². The third-order valence-corrected chi connectivity index (χ3v) is 6.51. The number of imidazole rings is 1. The summed E-state index contributed by atoms with van der Waals surface area (Å²) in [5.41, 5.74) is 4.37. The highest BCUT2D eigenvalue weighted by molar-refractivity contribution is 5.85. The number of nitrogens with one attached hydrogen (secondary N) is 2. The molecular weight excluding hydrogens is 402 g/mol. The van der Waals surface area contributed by atoms with Crippen LogP contribution in [-0.2, 0) is 18.3 Å². The van der Waals surface area contributed by atoms with Crippen molar-refractivity contribution >= 4 is 33.8 Å². The number of carbonyl (C=O) groups is 1. The molecule has 166 valence electrons. The first-order valence-corrected chi connectivity index (χ1v) is 11.2. The lowest BCUT2D eigenvalue weighted by Gasteiger charge is -2.32. The van der Waals surface area contributed by atoms with Crippen LogP contribution in [0.3, 0.4) is 0 Å². The molecule has 0 unspecified atom stereocenters. The first-order valence-electron chi connectivity index (χ1n) is 11.2. The fourth-order valence-corrected chi connectivity index (χ4v) is 4.74. The summed E-state index contributed by atoms with van der Waals surface area (Å²) in [6.07, 6.45) is 4.70. The van der Waals surface area contributed by atoms with E-state index >= 15 is 0 Å². The van der Waals surface area contributed by atoms with Crippen molar-refractivity contribution in [2.75, 3.05) is 31.6 Å². The normalized spacial score (nSPS) is 16.6. The van der Waals surface area contributed by atoms with E-state index in [4.69, 9.17) is 9.72 Å². The predicted octanol–water partition coefficient (Wildman–Crippen LogP) is 3.64. The van der Waals surface area contributed by atoms with Gasteiger partial charge in [0.25, 0.3) is 0 Å². The standard InChI is InChI=1S/C25H29N5O2/c1-29-23-8-4-3-7-22(23)28-25(29)30-13-5-6-18(16-30)24(31)26-12-11-17-15-27-21-10-9-19(32-2)14-20(17)21/h3-4,7-10,14-15,18,27H,5-6,11-13,16H2,1-2H3,(H,26,31)/t18-/m1/s1. The van der Waals surface area contributed by atoms with Crippen molar-refractivity contribution in [3.8, 4) is 5.75 Å². The van der Waals surface area contributed by atoms with E-state index in [1.54, 1.807) is 7.11 Å². The van der Waals surface area contributed by atoms with Gasteiger partial charge in [-0.1, -0.05) is 12.1 Å². The largest absolute Gasteiger partial charge is 0.497 e. The fraction of sp³-hybridized carbons (Fsp3) is 0.360. The summed E-state index contributed by atoms with van der Waals surface area (Å²) in [5.74, 6) is 1.89. The maximum Gasteiger partial charge on any atom is 0.224 e. The molecule has 1 aliphatic heterocycles. The van der Waals surface area contributed by atoms with E-state index in [0.29, 0.717) is 13.1 Å². The number of benzene rings is 2. The molecule has 5 rings (SSSR count). The molecule has 1 amide bonds. The molecular formula is C25H29N5O2. The van der Waals surface area contributed by atoms with Crippen molar-refractivity contribution in [3.63, 3.8) is 0 Å². The number of hydrogen-bond donors (Lipinski definition) is 2. The quantitative estimate of drug-likeness (QED) is 0.489. The number of para-hydroxylation sites is 2. The molecule has 0 radical (unpaired) electrons. The molecule has 1 atom stereocenters. The van der Waals surface area contributed by atoms with Crippen LogP contribution >= 0.6 is 0 Å². The number of ether oxygens (including phenoxy) is 1. The van der Waals surface area contributed by atoms with Gasteiger partial charge in [-0.15, -0.1) is 0 Å².